The molecular weight excluding hydrogens is 398 g/mol. The maximum absolute atomic E-state index is 12.7. The lowest BCUT2D eigenvalue weighted by atomic mass is 10.3. The quantitative estimate of drug-likeness (QED) is 0.663. The van der Waals surface area contributed by atoms with Gasteiger partial charge in [-0.1, -0.05) is 11.6 Å². The molecule has 154 valence electrons. The molecule has 2 aliphatic rings. The predicted octanol–water partition coefficient (Wildman–Crippen LogP) is 0.291. The Morgan fingerprint density at radius 1 is 0.897 bits per heavy atom. The van der Waals surface area contributed by atoms with Crippen LogP contribution in [0.5, 0.6) is 0 Å². The molecule has 2 fully saturated rings. The summed E-state index contributed by atoms with van der Waals surface area (Å²) >= 11 is 5.86. The van der Waals surface area contributed by atoms with Gasteiger partial charge in [-0.15, -0.1) is 4.68 Å². The summed E-state index contributed by atoms with van der Waals surface area (Å²) in [4.78, 5) is 43.0. The van der Waals surface area contributed by atoms with Crippen LogP contribution in [0.4, 0.5) is 4.79 Å². The number of tetrazole rings is 1. The van der Waals surface area contributed by atoms with Crippen molar-refractivity contribution in [2.75, 3.05) is 45.8 Å². The van der Waals surface area contributed by atoms with Crippen molar-refractivity contribution in [3.8, 4) is 5.69 Å². The molecule has 4 rings (SSSR count). The molecule has 0 saturated carbocycles. The molecule has 0 atom stereocenters. The fraction of sp³-hybridized carbons (Fsp3) is 0.500. The number of likely N-dealkylation sites (tertiary alicyclic amines) is 1. The first-order valence-corrected chi connectivity index (χ1v) is 10.0. The number of rotatable bonds is 3. The van der Waals surface area contributed by atoms with E-state index in [0.717, 1.165) is 35.3 Å². The van der Waals surface area contributed by atoms with E-state index in [2.05, 4.69) is 10.4 Å². The average Bonchev–Trinajstić information content (AvgIpc) is 3.39. The minimum absolute atomic E-state index is 0.143. The van der Waals surface area contributed by atoms with Gasteiger partial charge in [0.1, 0.15) is 0 Å². The highest BCUT2D eigenvalue weighted by Gasteiger charge is 2.27. The molecule has 11 heteroatoms. The number of amides is 2. The Balaban J connectivity index is 1.37. The molecule has 0 aliphatic carbocycles. The Hall–Kier alpha value is -2.72. The van der Waals surface area contributed by atoms with Gasteiger partial charge in [-0.2, -0.15) is 4.68 Å². The maximum atomic E-state index is 12.7. The molecule has 2 saturated heterocycles. The lowest BCUT2D eigenvalue weighted by Crippen LogP contribution is -2.53. The van der Waals surface area contributed by atoms with Gasteiger partial charge in [0.2, 0.25) is 5.91 Å². The highest BCUT2D eigenvalue weighted by Crippen LogP contribution is 2.12. The topological polar surface area (TPSA) is 96.6 Å². The van der Waals surface area contributed by atoms with Crippen molar-refractivity contribution in [1.29, 1.82) is 0 Å². The van der Waals surface area contributed by atoms with Gasteiger partial charge in [0, 0.05) is 44.3 Å². The zero-order valence-electron chi connectivity index (χ0n) is 15.9. The van der Waals surface area contributed by atoms with E-state index in [1.54, 1.807) is 29.2 Å². The molecule has 29 heavy (non-hydrogen) atoms. The summed E-state index contributed by atoms with van der Waals surface area (Å²) in [6, 6.07) is 6.01. The first-order valence-electron chi connectivity index (χ1n) is 9.63. The van der Waals surface area contributed by atoms with E-state index >= 15 is 0 Å². The van der Waals surface area contributed by atoms with Gasteiger partial charge in [-0.25, -0.2) is 9.59 Å². The van der Waals surface area contributed by atoms with Gasteiger partial charge in [0.25, 0.3) is 0 Å². The van der Waals surface area contributed by atoms with Crippen LogP contribution in [0.3, 0.4) is 0 Å². The minimum atomic E-state index is -0.635. The standard InChI is InChI=1S/C18H22ClN7O3/c19-14-3-5-15(6-4-14)25-18(29)26(21-20-25)17(28)24-11-9-22(10-12-24)13-16(27)23-7-1-2-8-23/h3-6H,1-2,7-13H2. The highest BCUT2D eigenvalue weighted by atomic mass is 35.5. The first kappa shape index (κ1) is 19.6. The van der Waals surface area contributed by atoms with Crippen LogP contribution in [0.1, 0.15) is 12.8 Å². The normalized spacial score (nSPS) is 17.7. The number of carbonyl (C=O) groups excluding carboxylic acids is 2. The van der Waals surface area contributed by atoms with Crippen molar-refractivity contribution < 1.29 is 9.59 Å². The number of aromatic nitrogens is 4. The zero-order chi connectivity index (χ0) is 20.4. The summed E-state index contributed by atoms with van der Waals surface area (Å²) in [5.74, 6) is 0.143. The average molecular weight is 420 g/mol. The van der Waals surface area contributed by atoms with Crippen LogP contribution in [0.25, 0.3) is 5.69 Å². The molecule has 10 nitrogen and oxygen atoms in total. The van der Waals surface area contributed by atoms with Crippen molar-refractivity contribution in [3.05, 3.63) is 39.8 Å². The Morgan fingerprint density at radius 2 is 1.55 bits per heavy atom. The number of piperazine rings is 1. The van der Waals surface area contributed by atoms with Gasteiger partial charge < -0.3 is 9.80 Å². The van der Waals surface area contributed by atoms with E-state index in [0.29, 0.717) is 43.4 Å². The van der Waals surface area contributed by atoms with Crippen LogP contribution < -0.4 is 5.69 Å². The monoisotopic (exact) mass is 419 g/mol. The lowest BCUT2D eigenvalue weighted by Gasteiger charge is -2.34. The summed E-state index contributed by atoms with van der Waals surface area (Å²) < 4.78 is 1.82. The Bertz CT molecular complexity index is 941. The summed E-state index contributed by atoms with van der Waals surface area (Å²) in [7, 11) is 0. The molecule has 0 radical (unpaired) electrons. The SMILES string of the molecule is O=C(CN1CCN(C(=O)n2nnn(-c3ccc(Cl)cc3)c2=O)CC1)N1CCCC1. The number of benzene rings is 1. The lowest BCUT2D eigenvalue weighted by molar-refractivity contribution is -0.131. The number of carbonyl (C=O) groups is 2. The van der Waals surface area contributed by atoms with Crippen LogP contribution in [-0.4, -0.2) is 92.2 Å². The molecule has 0 spiro atoms. The number of nitrogens with zero attached hydrogens (tertiary/aromatic N) is 7. The third-order valence-corrected chi connectivity index (χ3v) is 5.55. The van der Waals surface area contributed by atoms with Crippen molar-refractivity contribution in [3.63, 3.8) is 0 Å². The summed E-state index contributed by atoms with van der Waals surface area (Å²) in [5.41, 5.74) is -0.160. The van der Waals surface area contributed by atoms with Gasteiger partial charge in [0.15, 0.2) is 0 Å². The summed E-state index contributed by atoms with van der Waals surface area (Å²) in [6.45, 7) is 4.04. The molecular formula is C18H22ClN7O3. The number of halogens is 1. The molecule has 1 aromatic carbocycles. The summed E-state index contributed by atoms with van der Waals surface area (Å²) in [6.07, 6.45) is 2.14. The predicted molar refractivity (Wildman–Crippen MR) is 105 cm³/mol. The highest BCUT2D eigenvalue weighted by molar-refractivity contribution is 6.30. The largest absolute Gasteiger partial charge is 0.377 e. The Labute approximate surface area is 172 Å². The van der Waals surface area contributed by atoms with E-state index in [4.69, 9.17) is 11.6 Å². The molecule has 2 aliphatic heterocycles. The van der Waals surface area contributed by atoms with Gasteiger partial charge in [-0.05, 0) is 47.5 Å². The molecule has 0 bridgehead atoms. The van der Waals surface area contributed by atoms with Crippen molar-refractivity contribution in [2.24, 2.45) is 0 Å². The van der Waals surface area contributed by atoms with E-state index in [-0.39, 0.29) is 5.91 Å². The van der Waals surface area contributed by atoms with Crippen LogP contribution in [-0.2, 0) is 4.79 Å². The van der Waals surface area contributed by atoms with Crippen molar-refractivity contribution >= 4 is 23.5 Å². The number of hydrogen-bond acceptors (Lipinski definition) is 6. The smallest absolute Gasteiger partial charge is 0.342 e. The Kier molecular flexibility index (Phi) is 5.63. The first-order chi connectivity index (χ1) is 14.0. The van der Waals surface area contributed by atoms with Gasteiger partial charge in [0.05, 0.1) is 12.2 Å². The molecule has 2 amide bonds. The van der Waals surface area contributed by atoms with Gasteiger partial charge in [-0.3, -0.25) is 9.69 Å². The second-order valence-electron chi connectivity index (χ2n) is 7.20. The van der Waals surface area contributed by atoms with Crippen LogP contribution in [0, 0.1) is 0 Å². The minimum Gasteiger partial charge on any atom is -0.342 e. The molecule has 0 N–H and O–H groups in total. The Morgan fingerprint density at radius 3 is 2.21 bits per heavy atom. The second kappa shape index (κ2) is 8.34. The van der Waals surface area contributed by atoms with Crippen molar-refractivity contribution in [2.45, 2.75) is 12.8 Å². The molecule has 2 aromatic rings. The second-order valence-corrected chi connectivity index (χ2v) is 7.63. The van der Waals surface area contributed by atoms with Crippen molar-refractivity contribution in [1.82, 2.24) is 34.5 Å². The molecule has 1 aromatic heterocycles. The molecule has 0 unspecified atom stereocenters. The van der Waals surface area contributed by atoms with Crippen LogP contribution in [0.15, 0.2) is 29.1 Å². The van der Waals surface area contributed by atoms with Crippen LogP contribution >= 0.6 is 11.6 Å². The fourth-order valence-electron chi connectivity index (χ4n) is 3.60. The molecule has 3 heterocycles. The van der Waals surface area contributed by atoms with E-state index < -0.39 is 11.7 Å². The third kappa shape index (κ3) is 4.18. The van der Waals surface area contributed by atoms with E-state index in [9.17, 15) is 14.4 Å². The van der Waals surface area contributed by atoms with Gasteiger partial charge >= 0.3 is 11.7 Å². The zero-order valence-corrected chi connectivity index (χ0v) is 16.7. The maximum Gasteiger partial charge on any atom is 0.377 e. The van der Waals surface area contributed by atoms with Crippen LogP contribution in [0.2, 0.25) is 5.02 Å². The van der Waals surface area contributed by atoms with E-state index in [1.165, 1.54) is 0 Å². The fourth-order valence-corrected chi connectivity index (χ4v) is 3.73. The number of hydrogen-bond donors (Lipinski definition) is 0. The third-order valence-electron chi connectivity index (χ3n) is 5.29. The van der Waals surface area contributed by atoms with E-state index in [1.807, 2.05) is 9.80 Å². The summed E-state index contributed by atoms with van der Waals surface area (Å²) in [5, 5.41) is 8.06.